The van der Waals surface area contributed by atoms with Gasteiger partial charge in [0.25, 0.3) is 0 Å². The standard InChI is InChI=1S/C12H11N3O2/c1-15-7-13-11-4-8(2-3-12(11)15)10-5-9(6-16)17-14-10/h2-5,7,16H,6H2,1H3. The zero-order valence-corrected chi connectivity index (χ0v) is 9.29. The SMILES string of the molecule is Cn1cnc2cc(-c3cc(CO)on3)ccc21. The fourth-order valence-electron chi connectivity index (χ4n) is 1.82. The van der Waals surface area contributed by atoms with E-state index >= 15 is 0 Å². The van der Waals surface area contributed by atoms with Crippen LogP contribution >= 0.6 is 0 Å². The Morgan fingerprint density at radius 1 is 1.35 bits per heavy atom. The van der Waals surface area contributed by atoms with E-state index in [1.165, 1.54) is 0 Å². The molecule has 1 aromatic carbocycles. The lowest BCUT2D eigenvalue weighted by atomic mass is 10.1. The molecule has 17 heavy (non-hydrogen) atoms. The molecule has 0 amide bonds. The third-order valence-corrected chi connectivity index (χ3v) is 2.74. The lowest BCUT2D eigenvalue weighted by Gasteiger charge is -1.97. The second-order valence-electron chi connectivity index (χ2n) is 3.90. The lowest BCUT2D eigenvalue weighted by molar-refractivity contribution is 0.229. The minimum Gasteiger partial charge on any atom is -0.388 e. The van der Waals surface area contributed by atoms with Crippen molar-refractivity contribution in [3.8, 4) is 11.3 Å². The van der Waals surface area contributed by atoms with Gasteiger partial charge in [0.15, 0.2) is 5.76 Å². The number of fused-ring (bicyclic) bond motifs is 1. The molecule has 3 aromatic rings. The lowest BCUT2D eigenvalue weighted by Crippen LogP contribution is -1.83. The average Bonchev–Trinajstić information content (AvgIpc) is 2.96. The normalized spacial score (nSPS) is 11.2. The van der Waals surface area contributed by atoms with Crippen molar-refractivity contribution in [1.82, 2.24) is 14.7 Å². The molecule has 0 saturated heterocycles. The molecular weight excluding hydrogens is 218 g/mol. The molecule has 0 bridgehead atoms. The van der Waals surface area contributed by atoms with Crippen molar-refractivity contribution in [2.45, 2.75) is 6.61 Å². The largest absolute Gasteiger partial charge is 0.388 e. The van der Waals surface area contributed by atoms with E-state index in [9.17, 15) is 0 Å². The highest BCUT2D eigenvalue weighted by molar-refractivity contribution is 5.81. The highest BCUT2D eigenvalue weighted by Gasteiger charge is 2.07. The molecule has 0 unspecified atom stereocenters. The first-order valence-electron chi connectivity index (χ1n) is 5.26. The number of aliphatic hydroxyl groups is 1. The van der Waals surface area contributed by atoms with Crippen LogP contribution in [0, 0.1) is 0 Å². The van der Waals surface area contributed by atoms with Crippen molar-refractivity contribution in [3.63, 3.8) is 0 Å². The molecule has 2 heterocycles. The number of hydrogen-bond acceptors (Lipinski definition) is 4. The van der Waals surface area contributed by atoms with Crippen LogP contribution in [0.25, 0.3) is 22.3 Å². The van der Waals surface area contributed by atoms with Crippen LogP contribution in [-0.2, 0) is 13.7 Å². The number of imidazole rings is 1. The van der Waals surface area contributed by atoms with Gasteiger partial charge < -0.3 is 14.2 Å². The molecule has 0 aliphatic carbocycles. The van der Waals surface area contributed by atoms with Crippen molar-refractivity contribution in [2.75, 3.05) is 0 Å². The summed E-state index contributed by atoms with van der Waals surface area (Å²) in [4.78, 5) is 4.29. The number of nitrogens with zero attached hydrogens (tertiary/aromatic N) is 3. The second kappa shape index (κ2) is 3.71. The second-order valence-corrected chi connectivity index (χ2v) is 3.90. The first kappa shape index (κ1) is 10.0. The summed E-state index contributed by atoms with van der Waals surface area (Å²) < 4.78 is 6.92. The molecule has 0 saturated carbocycles. The summed E-state index contributed by atoms with van der Waals surface area (Å²) in [5, 5.41) is 12.8. The van der Waals surface area contributed by atoms with Gasteiger partial charge in [-0.25, -0.2) is 4.98 Å². The summed E-state index contributed by atoms with van der Waals surface area (Å²) in [5.74, 6) is 0.459. The van der Waals surface area contributed by atoms with Gasteiger partial charge in [-0.05, 0) is 12.1 Å². The highest BCUT2D eigenvalue weighted by atomic mass is 16.5. The first-order chi connectivity index (χ1) is 8.28. The Morgan fingerprint density at radius 2 is 2.24 bits per heavy atom. The van der Waals surface area contributed by atoms with Crippen LogP contribution in [0.5, 0.6) is 0 Å². The number of aliphatic hydroxyl groups excluding tert-OH is 1. The van der Waals surface area contributed by atoms with Gasteiger partial charge >= 0.3 is 0 Å². The van der Waals surface area contributed by atoms with Crippen molar-refractivity contribution < 1.29 is 9.63 Å². The molecule has 3 rings (SSSR count). The summed E-state index contributed by atoms with van der Waals surface area (Å²) in [7, 11) is 1.95. The van der Waals surface area contributed by atoms with Gasteiger partial charge in [-0.1, -0.05) is 11.2 Å². The molecule has 86 valence electrons. The summed E-state index contributed by atoms with van der Waals surface area (Å²) >= 11 is 0. The van der Waals surface area contributed by atoms with Gasteiger partial charge in [-0.15, -0.1) is 0 Å². The third kappa shape index (κ3) is 1.60. The van der Waals surface area contributed by atoms with E-state index in [0.29, 0.717) is 11.5 Å². The van der Waals surface area contributed by atoms with Gasteiger partial charge in [-0.2, -0.15) is 0 Å². The van der Waals surface area contributed by atoms with Crippen molar-refractivity contribution in [3.05, 3.63) is 36.4 Å². The Labute approximate surface area is 97.3 Å². The first-order valence-corrected chi connectivity index (χ1v) is 5.26. The smallest absolute Gasteiger partial charge is 0.162 e. The predicted molar refractivity (Wildman–Crippen MR) is 62.1 cm³/mol. The summed E-state index contributed by atoms with van der Waals surface area (Å²) in [6.45, 7) is -0.140. The molecule has 2 aromatic heterocycles. The van der Waals surface area contributed by atoms with Crippen LogP contribution < -0.4 is 0 Å². The molecule has 0 aliphatic rings. The van der Waals surface area contributed by atoms with Crippen LogP contribution in [0.3, 0.4) is 0 Å². The number of aromatic nitrogens is 3. The number of rotatable bonds is 2. The van der Waals surface area contributed by atoms with Gasteiger partial charge in [0.1, 0.15) is 12.3 Å². The Hall–Kier alpha value is -2.14. The van der Waals surface area contributed by atoms with Crippen LogP contribution in [0.15, 0.2) is 35.1 Å². The van der Waals surface area contributed by atoms with E-state index in [0.717, 1.165) is 16.6 Å². The maximum Gasteiger partial charge on any atom is 0.162 e. The predicted octanol–water partition coefficient (Wildman–Crippen LogP) is 1.72. The van der Waals surface area contributed by atoms with Crippen LogP contribution in [-0.4, -0.2) is 19.8 Å². The van der Waals surface area contributed by atoms with Crippen molar-refractivity contribution in [1.29, 1.82) is 0 Å². The van der Waals surface area contributed by atoms with Crippen LogP contribution in [0.4, 0.5) is 0 Å². The third-order valence-electron chi connectivity index (χ3n) is 2.74. The Kier molecular flexibility index (Phi) is 2.19. The molecule has 0 atom stereocenters. The van der Waals surface area contributed by atoms with E-state index in [4.69, 9.17) is 9.63 Å². The quantitative estimate of drug-likeness (QED) is 0.726. The van der Waals surface area contributed by atoms with E-state index in [-0.39, 0.29) is 6.61 Å². The van der Waals surface area contributed by atoms with Gasteiger partial charge in [0.2, 0.25) is 0 Å². The average molecular weight is 229 g/mol. The summed E-state index contributed by atoms with van der Waals surface area (Å²) in [6, 6.07) is 7.63. The monoisotopic (exact) mass is 229 g/mol. The summed E-state index contributed by atoms with van der Waals surface area (Å²) in [5.41, 5.74) is 3.62. The van der Waals surface area contributed by atoms with E-state index in [2.05, 4.69) is 10.1 Å². The minimum atomic E-state index is -0.140. The van der Waals surface area contributed by atoms with Gasteiger partial charge in [-0.3, -0.25) is 0 Å². The Bertz CT molecular complexity index is 669. The fourth-order valence-corrected chi connectivity index (χ4v) is 1.82. The van der Waals surface area contributed by atoms with E-state index < -0.39 is 0 Å². The van der Waals surface area contributed by atoms with Crippen molar-refractivity contribution in [2.24, 2.45) is 7.05 Å². The molecular formula is C12H11N3O2. The molecule has 0 radical (unpaired) electrons. The van der Waals surface area contributed by atoms with E-state index in [1.807, 2.05) is 29.8 Å². The highest BCUT2D eigenvalue weighted by Crippen LogP contribution is 2.23. The van der Waals surface area contributed by atoms with Crippen molar-refractivity contribution >= 4 is 11.0 Å². The maximum atomic E-state index is 8.92. The van der Waals surface area contributed by atoms with Gasteiger partial charge in [0.05, 0.1) is 17.4 Å². The molecule has 0 spiro atoms. The fraction of sp³-hybridized carbons (Fsp3) is 0.167. The van der Waals surface area contributed by atoms with Crippen LogP contribution in [0.1, 0.15) is 5.76 Å². The maximum absolute atomic E-state index is 8.92. The van der Waals surface area contributed by atoms with Gasteiger partial charge in [0, 0.05) is 18.7 Å². The molecule has 0 aliphatic heterocycles. The number of hydrogen-bond donors (Lipinski definition) is 1. The topological polar surface area (TPSA) is 64.1 Å². The molecule has 5 nitrogen and oxygen atoms in total. The molecule has 5 heteroatoms. The number of aryl methyl sites for hydroxylation is 1. The Morgan fingerprint density at radius 3 is 3.00 bits per heavy atom. The zero-order chi connectivity index (χ0) is 11.8. The minimum absolute atomic E-state index is 0.140. The zero-order valence-electron chi connectivity index (χ0n) is 9.29. The van der Waals surface area contributed by atoms with Crippen LogP contribution in [0.2, 0.25) is 0 Å². The summed E-state index contributed by atoms with van der Waals surface area (Å²) in [6.07, 6.45) is 1.77. The molecule has 0 fully saturated rings. The Balaban J connectivity index is 2.11. The number of benzene rings is 1. The van der Waals surface area contributed by atoms with E-state index in [1.54, 1.807) is 12.4 Å². The molecule has 1 N–H and O–H groups in total.